The molecule has 0 aromatic carbocycles. The van der Waals surface area contributed by atoms with Gasteiger partial charge in [-0.15, -0.1) is 0 Å². The van der Waals surface area contributed by atoms with Gasteiger partial charge in [-0.05, 0) is 20.3 Å². The van der Waals surface area contributed by atoms with Gasteiger partial charge in [0.1, 0.15) is 12.0 Å². The number of anilines is 2. The molecule has 0 saturated carbocycles. The predicted octanol–water partition coefficient (Wildman–Crippen LogP) is 2.70. The lowest BCUT2D eigenvalue weighted by atomic mass is 10.5. The molecule has 23 heavy (non-hydrogen) atoms. The van der Waals surface area contributed by atoms with Crippen molar-refractivity contribution in [2.75, 3.05) is 36.8 Å². The highest BCUT2D eigenvalue weighted by molar-refractivity contribution is 7.53. The van der Waals surface area contributed by atoms with Crippen LogP contribution >= 0.6 is 19.2 Å². The zero-order valence-electron chi connectivity index (χ0n) is 13.0. The van der Waals surface area contributed by atoms with Crippen LogP contribution in [0.1, 0.15) is 20.3 Å². The highest BCUT2D eigenvalue weighted by atomic mass is 35.5. The third-order valence-electron chi connectivity index (χ3n) is 2.50. The third kappa shape index (κ3) is 6.80. The van der Waals surface area contributed by atoms with E-state index in [1.165, 1.54) is 6.33 Å². The number of halogens is 1. The second-order valence-electron chi connectivity index (χ2n) is 4.12. The van der Waals surface area contributed by atoms with Gasteiger partial charge in [0.2, 0.25) is 6.41 Å². The molecule has 0 unspecified atom stereocenters. The van der Waals surface area contributed by atoms with E-state index in [0.29, 0.717) is 26.0 Å². The quantitative estimate of drug-likeness (QED) is 0.191. The molecule has 0 atom stereocenters. The molecule has 1 heterocycles. The van der Waals surface area contributed by atoms with Crippen molar-refractivity contribution in [1.82, 2.24) is 9.97 Å². The van der Waals surface area contributed by atoms with Crippen LogP contribution in [-0.4, -0.2) is 42.4 Å². The number of hydrogen-bond donors (Lipinski definition) is 2. The van der Waals surface area contributed by atoms with E-state index in [0.717, 1.165) is 0 Å². The van der Waals surface area contributed by atoms with Gasteiger partial charge in [-0.2, -0.15) is 0 Å². The predicted molar refractivity (Wildman–Crippen MR) is 86.6 cm³/mol. The average molecular weight is 367 g/mol. The van der Waals surface area contributed by atoms with Gasteiger partial charge in [-0.3, -0.25) is 14.2 Å². The minimum atomic E-state index is -3.07. The highest BCUT2D eigenvalue weighted by Crippen LogP contribution is 2.48. The van der Waals surface area contributed by atoms with Crippen LogP contribution in [0.3, 0.4) is 0 Å². The molecule has 1 aromatic rings. The lowest BCUT2D eigenvalue weighted by Crippen LogP contribution is -2.10. The number of carbonyl (C=O) groups is 1. The number of hydrogen-bond acceptors (Lipinski definition) is 8. The number of nitrogens with one attached hydrogen (secondary N) is 2. The maximum absolute atomic E-state index is 12.2. The van der Waals surface area contributed by atoms with Gasteiger partial charge in [0.25, 0.3) is 0 Å². The molecule has 0 aliphatic carbocycles. The maximum atomic E-state index is 12.2. The number of rotatable bonds is 12. The first-order chi connectivity index (χ1) is 11.1. The molecule has 0 radical (unpaired) electrons. The molecule has 130 valence electrons. The Bertz CT molecular complexity index is 538. The molecule has 1 aromatic heterocycles. The van der Waals surface area contributed by atoms with Crippen molar-refractivity contribution in [2.45, 2.75) is 20.3 Å². The Morgan fingerprint density at radius 3 is 2.61 bits per heavy atom. The third-order valence-corrected chi connectivity index (χ3v) is 4.96. The van der Waals surface area contributed by atoms with Gasteiger partial charge in [0.05, 0.1) is 26.0 Å². The van der Waals surface area contributed by atoms with Crippen LogP contribution in [0.4, 0.5) is 11.5 Å². The number of nitrogens with zero attached hydrogens (tertiary/aromatic N) is 2. The maximum Gasteiger partial charge on any atom is 0.330 e. The molecular formula is C12H20ClN4O5P. The Balaban J connectivity index is 2.44. The molecule has 0 bridgehead atoms. The summed E-state index contributed by atoms with van der Waals surface area (Å²) in [5.41, 5.74) is 2.77. The van der Waals surface area contributed by atoms with Crippen molar-refractivity contribution < 1.29 is 23.2 Å². The topological polar surface area (TPSA) is 112 Å². The smallest absolute Gasteiger partial charge is 0.323 e. The molecule has 0 saturated heterocycles. The molecule has 2 N–H and O–H groups in total. The van der Waals surface area contributed by atoms with Crippen LogP contribution in [-0.2, 0) is 23.2 Å². The number of amides is 1. The second-order valence-corrected chi connectivity index (χ2v) is 6.67. The summed E-state index contributed by atoms with van der Waals surface area (Å²) >= 11 is 5.84. The average Bonchev–Trinajstić information content (AvgIpc) is 2.50. The Labute approximate surface area is 139 Å². The minimum absolute atomic E-state index is 0.0791. The summed E-state index contributed by atoms with van der Waals surface area (Å²) in [6.07, 6.45) is 2.36. The number of carbonyl (C=O) groups excluding carboxylic acids is 1. The van der Waals surface area contributed by atoms with Gasteiger partial charge in [-0.1, -0.05) is 11.6 Å². The molecule has 11 heteroatoms. The lowest BCUT2D eigenvalue weighted by molar-refractivity contribution is -0.105. The molecule has 1 amide bonds. The van der Waals surface area contributed by atoms with Gasteiger partial charge in [0.15, 0.2) is 11.0 Å². The summed E-state index contributed by atoms with van der Waals surface area (Å²) in [6.45, 7) is 4.37. The minimum Gasteiger partial charge on any atom is -0.323 e. The number of aromatic nitrogens is 2. The largest absolute Gasteiger partial charge is 0.330 e. The van der Waals surface area contributed by atoms with Crippen LogP contribution in [0.25, 0.3) is 0 Å². The van der Waals surface area contributed by atoms with E-state index in [9.17, 15) is 9.36 Å². The standard InChI is InChI=1S/C12H20ClN4O5P/c1-3-21-23(19,22-4-2)7-5-6-20-17-12-10(16-9-18)11(13)14-8-15-12/h8-9H,3-7H2,1-2H3,(H,16,18)(H,14,15,17). The second kappa shape index (κ2) is 10.5. The van der Waals surface area contributed by atoms with Crippen LogP contribution in [0.2, 0.25) is 5.15 Å². The van der Waals surface area contributed by atoms with Crippen LogP contribution in [0.5, 0.6) is 0 Å². The fourth-order valence-electron chi connectivity index (χ4n) is 1.64. The summed E-state index contributed by atoms with van der Waals surface area (Å²) in [7, 11) is -3.07. The van der Waals surface area contributed by atoms with Gasteiger partial charge < -0.3 is 14.4 Å². The van der Waals surface area contributed by atoms with Crippen LogP contribution in [0.15, 0.2) is 6.33 Å². The Morgan fingerprint density at radius 1 is 1.30 bits per heavy atom. The molecule has 0 aliphatic heterocycles. The van der Waals surface area contributed by atoms with E-state index in [4.69, 9.17) is 25.5 Å². The van der Waals surface area contributed by atoms with Crippen LogP contribution < -0.4 is 10.8 Å². The van der Waals surface area contributed by atoms with Gasteiger partial charge >= 0.3 is 7.60 Å². The first kappa shape index (κ1) is 19.8. The van der Waals surface area contributed by atoms with Gasteiger partial charge in [0, 0.05) is 0 Å². The lowest BCUT2D eigenvalue weighted by Gasteiger charge is -2.16. The Hall–Kier alpha value is -1.25. The fraction of sp³-hybridized carbons (Fsp3) is 0.583. The molecule has 9 nitrogen and oxygen atoms in total. The van der Waals surface area contributed by atoms with Crippen molar-refractivity contribution >= 4 is 37.1 Å². The first-order valence-electron chi connectivity index (χ1n) is 7.03. The van der Waals surface area contributed by atoms with E-state index in [2.05, 4.69) is 20.8 Å². The van der Waals surface area contributed by atoms with Crippen molar-refractivity contribution in [3.8, 4) is 0 Å². The van der Waals surface area contributed by atoms with Crippen molar-refractivity contribution in [2.24, 2.45) is 0 Å². The molecule has 1 rings (SSSR count). The SMILES string of the molecule is CCOP(=O)(CCCONc1ncnc(Cl)c1NC=O)OCC. The normalized spacial score (nSPS) is 11.3. The summed E-state index contributed by atoms with van der Waals surface area (Å²) in [5, 5.41) is 2.46. The van der Waals surface area contributed by atoms with E-state index >= 15 is 0 Å². The zero-order chi connectivity index (χ0) is 17.1. The molecule has 0 aliphatic rings. The summed E-state index contributed by atoms with van der Waals surface area (Å²) < 4.78 is 22.6. The van der Waals surface area contributed by atoms with E-state index in [1.807, 2.05) is 0 Å². The van der Waals surface area contributed by atoms with Crippen LogP contribution in [0, 0.1) is 0 Å². The zero-order valence-corrected chi connectivity index (χ0v) is 14.6. The Kier molecular flexibility index (Phi) is 9.05. The summed E-state index contributed by atoms with van der Waals surface area (Å²) in [4.78, 5) is 23.4. The van der Waals surface area contributed by atoms with Gasteiger partial charge in [-0.25, -0.2) is 15.4 Å². The monoisotopic (exact) mass is 366 g/mol. The fourth-order valence-corrected chi connectivity index (χ4v) is 3.46. The first-order valence-corrected chi connectivity index (χ1v) is 9.13. The Morgan fingerprint density at radius 2 is 2.00 bits per heavy atom. The van der Waals surface area contributed by atoms with E-state index < -0.39 is 7.60 Å². The van der Waals surface area contributed by atoms with E-state index in [1.54, 1.807) is 13.8 Å². The van der Waals surface area contributed by atoms with Crippen molar-refractivity contribution in [3.63, 3.8) is 0 Å². The molecular weight excluding hydrogens is 347 g/mol. The summed E-state index contributed by atoms with van der Waals surface area (Å²) in [6, 6.07) is 0. The molecule has 0 fully saturated rings. The van der Waals surface area contributed by atoms with Crippen molar-refractivity contribution in [3.05, 3.63) is 11.5 Å². The highest BCUT2D eigenvalue weighted by Gasteiger charge is 2.22. The van der Waals surface area contributed by atoms with E-state index in [-0.39, 0.29) is 29.4 Å². The summed E-state index contributed by atoms with van der Waals surface area (Å²) in [5.74, 6) is 0.217. The molecule has 0 spiro atoms. The van der Waals surface area contributed by atoms with Crippen molar-refractivity contribution in [1.29, 1.82) is 0 Å².